The largest absolute Gasteiger partial charge is 0.253 e. The average molecular weight is 338 g/mol. The number of hydrogen-bond donors (Lipinski definition) is 0. The molecule has 1 aliphatic rings. The summed E-state index contributed by atoms with van der Waals surface area (Å²) in [6.07, 6.45) is 4.27. The molecule has 0 saturated heterocycles. The summed E-state index contributed by atoms with van der Waals surface area (Å²) < 4.78 is 27.9. The van der Waals surface area contributed by atoms with Gasteiger partial charge in [0.15, 0.2) is 0 Å². The van der Waals surface area contributed by atoms with Crippen LogP contribution < -0.4 is 0 Å². The van der Waals surface area contributed by atoms with Gasteiger partial charge in [-0.15, -0.1) is 11.3 Å². The first kappa shape index (κ1) is 13.5. The summed E-state index contributed by atoms with van der Waals surface area (Å²) in [6.45, 7) is 2.47. The molecule has 1 saturated carbocycles. The zero-order valence-corrected chi connectivity index (χ0v) is 12.9. The van der Waals surface area contributed by atoms with E-state index in [2.05, 4.69) is 15.9 Å². The zero-order chi connectivity index (χ0) is 12.5. The highest BCUT2D eigenvalue weighted by Gasteiger charge is 2.33. The van der Waals surface area contributed by atoms with E-state index in [0.29, 0.717) is 15.2 Å². The molecule has 1 heterocycles. The minimum atomic E-state index is -3.32. The first-order chi connectivity index (χ1) is 8.07. The number of sulfonamides is 1. The maximum atomic E-state index is 12.5. The van der Waals surface area contributed by atoms with E-state index in [1.54, 1.807) is 15.8 Å². The van der Waals surface area contributed by atoms with Gasteiger partial charge >= 0.3 is 0 Å². The molecule has 0 atom stereocenters. The summed E-state index contributed by atoms with van der Waals surface area (Å²) in [4.78, 5) is 0. The lowest BCUT2D eigenvalue weighted by Gasteiger charge is -2.26. The van der Waals surface area contributed by atoms with Crippen molar-refractivity contribution in [1.29, 1.82) is 0 Å². The quantitative estimate of drug-likeness (QED) is 0.843. The second kappa shape index (κ2) is 5.38. The van der Waals surface area contributed by atoms with Crippen LogP contribution >= 0.6 is 27.3 Å². The van der Waals surface area contributed by atoms with Gasteiger partial charge in [0.05, 0.1) is 0 Å². The Morgan fingerprint density at radius 3 is 2.59 bits per heavy atom. The molecule has 0 unspecified atom stereocenters. The van der Waals surface area contributed by atoms with Crippen molar-refractivity contribution in [2.24, 2.45) is 0 Å². The third-order valence-electron chi connectivity index (χ3n) is 3.17. The summed E-state index contributed by atoms with van der Waals surface area (Å²) in [5.74, 6) is 0. The van der Waals surface area contributed by atoms with Crippen molar-refractivity contribution < 1.29 is 8.42 Å². The van der Waals surface area contributed by atoms with Crippen LogP contribution in [-0.4, -0.2) is 25.3 Å². The van der Waals surface area contributed by atoms with Gasteiger partial charge in [-0.2, -0.15) is 4.31 Å². The summed E-state index contributed by atoms with van der Waals surface area (Å²) in [5.41, 5.74) is 0. The molecular weight excluding hydrogens is 322 g/mol. The van der Waals surface area contributed by atoms with Gasteiger partial charge in [-0.3, -0.25) is 0 Å². The summed E-state index contributed by atoms with van der Waals surface area (Å²) in [5, 5.41) is 1.81. The maximum Gasteiger partial charge on any atom is 0.253 e. The lowest BCUT2D eigenvalue weighted by Crippen LogP contribution is -2.38. The summed E-state index contributed by atoms with van der Waals surface area (Å²) in [6, 6.07) is 1.99. The molecule has 3 nitrogen and oxygen atoms in total. The summed E-state index contributed by atoms with van der Waals surface area (Å²) >= 11 is 4.60. The minimum absolute atomic E-state index is 0.194. The van der Waals surface area contributed by atoms with Crippen LogP contribution in [-0.2, 0) is 10.0 Å². The Bertz CT molecular complexity index is 477. The lowest BCUT2D eigenvalue weighted by atomic mass is 10.2. The van der Waals surface area contributed by atoms with Crippen LogP contribution in [0.4, 0.5) is 0 Å². The van der Waals surface area contributed by atoms with Crippen LogP contribution in [0.15, 0.2) is 20.1 Å². The van der Waals surface area contributed by atoms with Crippen LogP contribution in [0.25, 0.3) is 0 Å². The van der Waals surface area contributed by atoms with E-state index in [1.165, 1.54) is 11.3 Å². The fourth-order valence-corrected chi connectivity index (χ4v) is 6.51. The highest BCUT2D eigenvalue weighted by atomic mass is 79.9. The SMILES string of the molecule is CCN(C1CCCC1)S(=O)(=O)c1sccc1Br. The molecule has 0 spiro atoms. The predicted molar refractivity (Wildman–Crippen MR) is 73.8 cm³/mol. The van der Waals surface area contributed by atoms with Gasteiger partial charge in [0.1, 0.15) is 4.21 Å². The molecule has 0 radical (unpaired) electrons. The van der Waals surface area contributed by atoms with Crippen LogP contribution in [0.3, 0.4) is 0 Å². The van der Waals surface area contributed by atoms with E-state index in [4.69, 9.17) is 0 Å². The average Bonchev–Trinajstić information content (AvgIpc) is 2.89. The molecule has 17 heavy (non-hydrogen) atoms. The van der Waals surface area contributed by atoms with Crippen LogP contribution in [0.5, 0.6) is 0 Å². The molecule has 0 amide bonds. The van der Waals surface area contributed by atoms with E-state index >= 15 is 0 Å². The zero-order valence-electron chi connectivity index (χ0n) is 9.73. The van der Waals surface area contributed by atoms with Gasteiger partial charge in [-0.1, -0.05) is 19.8 Å². The van der Waals surface area contributed by atoms with Crippen molar-refractivity contribution in [3.63, 3.8) is 0 Å². The number of thiophene rings is 1. The van der Waals surface area contributed by atoms with Crippen LogP contribution in [0.2, 0.25) is 0 Å². The van der Waals surface area contributed by atoms with Gasteiger partial charge in [-0.25, -0.2) is 8.42 Å². The Morgan fingerprint density at radius 2 is 2.12 bits per heavy atom. The van der Waals surface area contributed by atoms with Crippen molar-refractivity contribution in [3.05, 3.63) is 15.9 Å². The fraction of sp³-hybridized carbons (Fsp3) is 0.636. The minimum Gasteiger partial charge on any atom is -0.206 e. The Hall–Kier alpha value is 0.0900. The molecule has 0 N–H and O–H groups in total. The molecule has 1 aromatic rings. The molecule has 1 aromatic heterocycles. The molecule has 0 aliphatic heterocycles. The molecule has 6 heteroatoms. The molecule has 96 valence electrons. The Balaban J connectivity index is 2.33. The van der Waals surface area contributed by atoms with Crippen molar-refractivity contribution in [2.45, 2.75) is 42.9 Å². The molecule has 0 bridgehead atoms. The highest BCUT2D eigenvalue weighted by molar-refractivity contribution is 9.10. The maximum absolute atomic E-state index is 12.5. The third-order valence-corrected chi connectivity index (χ3v) is 7.85. The Morgan fingerprint density at radius 1 is 1.47 bits per heavy atom. The predicted octanol–water partition coefficient (Wildman–Crippen LogP) is 3.46. The van der Waals surface area contributed by atoms with Crippen LogP contribution in [0, 0.1) is 0 Å². The van der Waals surface area contributed by atoms with E-state index < -0.39 is 10.0 Å². The molecule has 2 rings (SSSR count). The number of hydrogen-bond acceptors (Lipinski definition) is 3. The van der Waals surface area contributed by atoms with Crippen molar-refractivity contribution in [2.75, 3.05) is 6.54 Å². The van der Waals surface area contributed by atoms with Gasteiger partial charge < -0.3 is 0 Å². The monoisotopic (exact) mass is 337 g/mol. The molecule has 1 aliphatic carbocycles. The van der Waals surface area contributed by atoms with Gasteiger partial charge in [0.2, 0.25) is 0 Å². The Labute approximate surface area is 115 Å². The standard InChI is InChI=1S/C11H16BrNO2S2/c1-2-13(9-5-3-4-6-9)17(14,15)11-10(12)7-8-16-11/h7-9H,2-6H2,1H3. The number of nitrogens with zero attached hydrogens (tertiary/aromatic N) is 1. The fourth-order valence-electron chi connectivity index (χ4n) is 2.39. The van der Waals surface area contributed by atoms with Gasteiger partial charge in [0.25, 0.3) is 10.0 Å². The number of rotatable bonds is 4. The normalized spacial score (nSPS) is 18.1. The molecular formula is C11H16BrNO2S2. The van der Waals surface area contributed by atoms with E-state index in [1.807, 2.05) is 6.92 Å². The van der Waals surface area contributed by atoms with Crippen molar-refractivity contribution in [1.82, 2.24) is 4.31 Å². The van der Waals surface area contributed by atoms with Crippen LogP contribution in [0.1, 0.15) is 32.6 Å². The topological polar surface area (TPSA) is 37.4 Å². The highest BCUT2D eigenvalue weighted by Crippen LogP contribution is 2.34. The third kappa shape index (κ3) is 2.59. The van der Waals surface area contributed by atoms with E-state index in [9.17, 15) is 8.42 Å². The first-order valence-corrected chi connectivity index (χ1v) is 8.93. The summed E-state index contributed by atoms with van der Waals surface area (Å²) in [7, 11) is -3.32. The lowest BCUT2D eigenvalue weighted by molar-refractivity contribution is 0.336. The van der Waals surface area contributed by atoms with E-state index in [-0.39, 0.29) is 6.04 Å². The van der Waals surface area contributed by atoms with Gasteiger partial charge in [-0.05, 0) is 40.2 Å². The first-order valence-electron chi connectivity index (χ1n) is 5.82. The molecule has 0 aromatic carbocycles. The molecule has 1 fully saturated rings. The Kier molecular flexibility index (Phi) is 4.28. The smallest absolute Gasteiger partial charge is 0.206 e. The van der Waals surface area contributed by atoms with Crippen molar-refractivity contribution in [3.8, 4) is 0 Å². The van der Waals surface area contributed by atoms with Crippen molar-refractivity contribution >= 4 is 37.3 Å². The second-order valence-electron chi connectivity index (χ2n) is 4.20. The van der Waals surface area contributed by atoms with Gasteiger partial charge in [0, 0.05) is 17.1 Å². The number of halogens is 1. The van der Waals surface area contributed by atoms with E-state index in [0.717, 1.165) is 25.7 Å². The second-order valence-corrected chi connectivity index (χ2v) is 8.06.